The predicted octanol–water partition coefficient (Wildman–Crippen LogP) is 2.20. The molecule has 0 aliphatic carbocycles. The third-order valence-corrected chi connectivity index (χ3v) is 5.29. The van der Waals surface area contributed by atoms with Crippen molar-refractivity contribution in [3.8, 4) is 0 Å². The second-order valence-electron chi connectivity index (χ2n) is 7.09. The monoisotopic (exact) mass is 362 g/mol. The summed E-state index contributed by atoms with van der Waals surface area (Å²) in [6.45, 7) is 2.47. The minimum atomic E-state index is -1.84. The summed E-state index contributed by atoms with van der Waals surface area (Å²) in [7, 11) is 0. The number of benzene rings is 1. The summed E-state index contributed by atoms with van der Waals surface area (Å²) < 4.78 is 20.3. The number of carbonyl (C=O) groups excluding carboxylic acids is 2. The first-order chi connectivity index (χ1) is 12.6. The number of amides is 2. The maximum absolute atomic E-state index is 15.1. The third kappa shape index (κ3) is 4.61. The van der Waals surface area contributed by atoms with Gasteiger partial charge in [-0.3, -0.25) is 9.59 Å². The normalized spacial score (nSPS) is 20.0. The first-order valence-electron chi connectivity index (χ1n) is 9.46. The average Bonchev–Trinajstić information content (AvgIpc) is 2.69. The second-order valence-corrected chi connectivity index (χ2v) is 7.09. The Morgan fingerprint density at radius 2 is 1.65 bits per heavy atom. The van der Waals surface area contributed by atoms with Crippen LogP contribution in [0.1, 0.15) is 31.2 Å². The van der Waals surface area contributed by atoms with E-state index in [1.807, 2.05) is 18.2 Å². The molecule has 0 radical (unpaired) electrons. The number of hydrogen-bond acceptors (Lipinski definition) is 3. The topological polar surface area (TPSA) is 49.9 Å². The minimum absolute atomic E-state index is 0.0572. The molecular weight excluding hydrogens is 335 g/mol. The Kier molecular flexibility index (Phi) is 6.25. The van der Waals surface area contributed by atoms with Crippen molar-refractivity contribution < 1.29 is 18.7 Å². The highest BCUT2D eigenvalue weighted by molar-refractivity contribution is 5.86. The van der Waals surface area contributed by atoms with Gasteiger partial charge in [0.2, 0.25) is 5.91 Å². The van der Waals surface area contributed by atoms with Crippen molar-refractivity contribution in [3.63, 3.8) is 0 Å². The Labute approximate surface area is 154 Å². The molecule has 0 saturated carbocycles. The van der Waals surface area contributed by atoms with Crippen LogP contribution in [0.25, 0.3) is 0 Å². The molecule has 2 saturated heterocycles. The van der Waals surface area contributed by atoms with Crippen LogP contribution in [0.3, 0.4) is 0 Å². The van der Waals surface area contributed by atoms with E-state index in [1.165, 1.54) is 5.56 Å². The Morgan fingerprint density at radius 1 is 1.00 bits per heavy atom. The molecule has 3 rings (SSSR count). The second kappa shape index (κ2) is 8.62. The van der Waals surface area contributed by atoms with Gasteiger partial charge in [-0.2, -0.15) is 0 Å². The minimum Gasteiger partial charge on any atom is -0.378 e. The van der Waals surface area contributed by atoms with E-state index in [4.69, 9.17) is 4.74 Å². The van der Waals surface area contributed by atoms with Crippen molar-refractivity contribution in [2.75, 3.05) is 39.4 Å². The van der Waals surface area contributed by atoms with Crippen LogP contribution in [0, 0.1) is 0 Å². The number of hydrogen-bond donors (Lipinski definition) is 0. The lowest BCUT2D eigenvalue weighted by Gasteiger charge is -2.39. The third-order valence-electron chi connectivity index (χ3n) is 5.29. The van der Waals surface area contributed by atoms with Crippen LogP contribution < -0.4 is 0 Å². The van der Waals surface area contributed by atoms with E-state index in [0.29, 0.717) is 45.8 Å². The molecule has 142 valence electrons. The summed E-state index contributed by atoms with van der Waals surface area (Å²) >= 11 is 0. The van der Waals surface area contributed by atoms with Crippen molar-refractivity contribution in [2.24, 2.45) is 0 Å². The van der Waals surface area contributed by atoms with Gasteiger partial charge in [-0.25, -0.2) is 4.39 Å². The lowest BCUT2D eigenvalue weighted by molar-refractivity contribution is -0.153. The van der Waals surface area contributed by atoms with Gasteiger partial charge in [0.1, 0.15) is 0 Å². The molecule has 2 heterocycles. The molecule has 0 spiro atoms. The molecule has 0 atom stereocenters. The Bertz CT molecular complexity index is 609. The molecule has 2 aliphatic rings. The smallest absolute Gasteiger partial charge is 0.260 e. The number of piperidine rings is 1. The fourth-order valence-corrected chi connectivity index (χ4v) is 3.62. The highest BCUT2D eigenvalue weighted by Crippen LogP contribution is 2.29. The van der Waals surface area contributed by atoms with Crippen LogP contribution in [0.2, 0.25) is 0 Å². The van der Waals surface area contributed by atoms with Crippen LogP contribution in [0.4, 0.5) is 4.39 Å². The molecule has 2 fully saturated rings. The molecule has 26 heavy (non-hydrogen) atoms. The molecule has 0 unspecified atom stereocenters. The SMILES string of the molecule is O=C(CCCc1ccccc1)N1CCC(F)(C(=O)N2CCOCC2)CC1. The van der Waals surface area contributed by atoms with Gasteiger partial charge < -0.3 is 14.5 Å². The first-order valence-corrected chi connectivity index (χ1v) is 9.46. The van der Waals surface area contributed by atoms with E-state index in [0.717, 1.165) is 12.8 Å². The molecular formula is C20H27FN2O3. The van der Waals surface area contributed by atoms with E-state index in [-0.39, 0.29) is 18.7 Å². The Morgan fingerprint density at radius 3 is 2.31 bits per heavy atom. The highest BCUT2D eigenvalue weighted by Gasteiger charge is 2.45. The van der Waals surface area contributed by atoms with E-state index in [9.17, 15) is 9.59 Å². The molecule has 6 heteroatoms. The number of halogens is 1. The van der Waals surface area contributed by atoms with Crippen molar-refractivity contribution >= 4 is 11.8 Å². The van der Waals surface area contributed by atoms with Gasteiger partial charge in [-0.15, -0.1) is 0 Å². The quantitative estimate of drug-likeness (QED) is 0.807. The highest BCUT2D eigenvalue weighted by atomic mass is 19.1. The molecule has 2 amide bonds. The maximum atomic E-state index is 15.1. The average molecular weight is 362 g/mol. The van der Waals surface area contributed by atoms with Crippen molar-refractivity contribution in [3.05, 3.63) is 35.9 Å². The zero-order valence-electron chi connectivity index (χ0n) is 15.2. The summed E-state index contributed by atoms with van der Waals surface area (Å²) in [5.41, 5.74) is -0.615. The molecule has 5 nitrogen and oxygen atoms in total. The molecule has 0 N–H and O–H groups in total. The zero-order chi connectivity index (χ0) is 18.4. The van der Waals surface area contributed by atoms with Gasteiger partial charge in [-0.05, 0) is 18.4 Å². The van der Waals surface area contributed by atoms with Crippen LogP contribution >= 0.6 is 0 Å². The number of likely N-dealkylation sites (tertiary alicyclic amines) is 1. The van der Waals surface area contributed by atoms with Gasteiger partial charge in [0.05, 0.1) is 13.2 Å². The van der Waals surface area contributed by atoms with E-state index in [1.54, 1.807) is 9.80 Å². The van der Waals surface area contributed by atoms with Crippen molar-refractivity contribution in [1.82, 2.24) is 9.80 Å². The van der Waals surface area contributed by atoms with E-state index < -0.39 is 11.6 Å². The molecule has 1 aromatic carbocycles. The lowest BCUT2D eigenvalue weighted by atomic mass is 9.91. The van der Waals surface area contributed by atoms with Crippen LogP contribution in [-0.4, -0.2) is 66.7 Å². The fraction of sp³-hybridized carbons (Fsp3) is 0.600. The standard InChI is InChI=1S/C20H27FN2O3/c21-20(19(25)23-13-15-26-16-14-23)9-11-22(12-10-20)18(24)8-4-7-17-5-2-1-3-6-17/h1-3,5-6H,4,7-16H2. The molecule has 0 aromatic heterocycles. The van der Waals surface area contributed by atoms with Crippen LogP contribution in [-0.2, 0) is 20.7 Å². The first kappa shape index (κ1) is 18.8. The summed E-state index contributed by atoms with van der Waals surface area (Å²) in [5.74, 6) is -0.376. The Balaban J connectivity index is 1.43. The van der Waals surface area contributed by atoms with Gasteiger partial charge >= 0.3 is 0 Å². The van der Waals surface area contributed by atoms with Gasteiger partial charge in [0, 0.05) is 45.4 Å². The van der Waals surface area contributed by atoms with E-state index in [2.05, 4.69) is 12.1 Å². The molecule has 1 aromatic rings. The number of morpholine rings is 1. The van der Waals surface area contributed by atoms with Gasteiger partial charge in [0.15, 0.2) is 5.67 Å². The number of alkyl halides is 1. The number of aryl methyl sites for hydroxylation is 1. The van der Waals surface area contributed by atoms with Crippen molar-refractivity contribution in [1.29, 1.82) is 0 Å². The zero-order valence-corrected chi connectivity index (χ0v) is 15.2. The summed E-state index contributed by atoms with van der Waals surface area (Å²) in [6, 6.07) is 10.1. The number of ether oxygens (including phenoxy) is 1. The number of rotatable bonds is 5. The number of nitrogens with zero attached hydrogens (tertiary/aromatic N) is 2. The Hall–Kier alpha value is -1.95. The predicted molar refractivity (Wildman–Crippen MR) is 96.4 cm³/mol. The van der Waals surface area contributed by atoms with Crippen LogP contribution in [0.15, 0.2) is 30.3 Å². The van der Waals surface area contributed by atoms with E-state index >= 15 is 4.39 Å². The van der Waals surface area contributed by atoms with Gasteiger partial charge in [0.25, 0.3) is 5.91 Å². The molecule has 0 bridgehead atoms. The molecule has 2 aliphatic heterocycles. The summed E-state index contributed by atoms with van der Waals surface area (Å²) in [4.78, 5) is 28.1. The van der Waals surface area contributed by atoms with Crippen molar-refractivity contribution in [2.45, 2.75) is 37.8 Å². The van der Waals surface area contributed by atoms with Crippen LogP contribution in [0.5, 0.6) is 0 Å². The fourth-order valence-electron chi connectivity index (χ4n) is 3.62. The summed E-state index contributed by atoms with van der Waals surface area (Å²) in [5, 5.41) is 0. The van der Waals surface area contributed by atoms with Gasteiger partial charge in [-0.1, -0.05) is 30.3 Å². The number of carbonyl (C=O) groups is 2. The lowest BCUT2D eigenvalue weighted by Crippen LogP contribution is -2.55. The maximum Gasteiger partial charge on any atom is 0.260 e. The summed E-state index contributed by atoms with van der Waals surface area (Å²) in [6.07, 6.45) is 2.29. The largest absolute Gasteiger partial charge is 0.378 e.